The van der Waals surface area contributed by atoms with E-state index in [1.54, 1.807) is 6.20 Å². The van der Waals surface area contributed by atoms with Crippen molar-refractivity contribution in [3.8, 4) is 11.3 Å². The Bertz CT molecular complexity index is 738. The van der Waals surface area contributed by atoms with Gasteiger partial charge in [-0.05, 0) is 33.1 Å². The fourth-order valence-corrected chi connectivity index (χ4v) is 2.69. The maximum atomic E-state index is 11.9. The number of carbonyl (C=O) groups is 1. The Hall–Kier alpha value is -2.24. The molecule has 0 aromatic carbocycles. The van der Waals surface area contributed by atoms with Crippen LogP contribution in [0.15, 0.2) is 10.7 Å². The molecule has 2 heterocycles. The van der Waals surface area contributed by atoms with Crippen molar-refractivity contribution in [2.45, 2.75) is 40.5 Å². The van der Waals surface area contributed by atoms with Crippen LogP contribution in [-0.2, 0) is 11.2 Å². The molecule has 2 aromatic rings. The van der Waals surface area contributed by atoms with E-state index in [2.05, 4.69) is 27.4 Å². The summed E-state index contributed by atoms with van der Waals surface area (Å²) >= 11 is 0. The van der Waals surface area contributed by atoms with E-state index in [4.69, 9.17) is 4.52 Å². The van der Waals surface area contributed by atoms with Gasteiger partial charge in [-0.25, -0.2) is 9.97 Å². The van der Waals surface area contributed by atoms with Gasteiger partial charge >= 0.3 is 0 Å². The normalized spacial score (nSPS) is 19.7. The number of amides is 1. The number of hydrogen-bond donors (Lipinski definition) is 1. The number of nitrogens with zero attached hydrogens (tertiary/aromatic N) is 3. The van der Waals surface area contributed by atoms with Crippen LogP contribution in [0.4, 0.5) is 0 Å². The van der Waals surface area contributed by atoms with Crippen LogP contribution in [0.1, 0.15) is 36.1 Å². The molecule has 0 unspecified atom stereocenters. The first-order valence-corrected chi connectivity index (χ1v) is 8.01. The van der Waals surface area contributed by atoms with Gasteiger partial charge in [-0.1, -0.05) is 12.1 Å². The number of aromatic nitrogens is 3. The summed E-state index contributed by atoms with van der Waals surface area (Å²) in [7, 11) is 0. The van der Waals surface area contributed by atoms with Crippen LogP contribution in [0, 0.1) is 32.6 Å². The summed E-state index contributed by atoms with van der Waals surface area (Å²) in [4.78, 5) is 20.7. The first kappa shape index (κ1) is 15.6. The molecule has 23 heavy (non-hydrogen) atoms. The summed E-state index contributed by atoms with van der Waals surface area (Å²) in [5.74, 6) is 2.28. The molecule has 0 aliphatic heterocycles. The minimum absolute atomic E-state index is 0.150. The molecule has 2 atom stereocenters. The molecule has 1 N–H and O–H groups in total. The largest absolute Gasteiger partial charge is 0.356 e. The fraction of sp³-hybridized carbons (Fsp3) is 0.529. The number of carbonyl (C=O) groups excluding carboxylic acids is 1. The minimum atomic E-state index is 0.150. The first-order valence-electron chi connectivity index (χ1n) is 8.01. The van der Waals surface area contributed by atoms with E-state index >= 15 is 0 Å². The van der Waals surface area contributed by atoms with Gasteiger partial charge in [-0.2, -0.15) is 0 Å². The predicted molar refractivity (Wildman–Crippen MR) is 85.7 cm³/mol. The van der Waals surface area contributed by atoms with Crippen LogP contribution in [0.25, 0.3) is 11.3 Å². The van der Waals surface area contributed by atoms with Crippen molar-refractivity contribution in [3.63, 3.8) is 0 Å². The summed E-state index contributed by atoms with van der Waals surface area (Å²) in [6, 6.07) is 0. The van der Waals surface area contributed by atoms with Gasteiger partial charge < -0.3 is 9.84 Å². The quantitative estimate of drug-likeness (QED) is 0.916. The molecule has 0 spiro atoms. The van der Waals surface area contributed by atoms with Gasteiger partial charge in [0.15, 0.2) is 5.76 Å². The van der Waals surface area contributed by atoms with Crippen LogP contribution in [0.2, 0.25) is 0 Å². The zero-order chi connectivity index (χ0) is 16.6. The van der Waals surface area contributed by atoms with E-state index in [1.807, 2.05) is 20.8 Å². The lowest BCUT2D eigenvalue weighted by Crippen LogP contribution is -2.28. The first-order chi connectivity index (χ1) is 11.0. The SMILES string of the molecule is Cc1ncc(-c2onc(C)c2C)c(CCNC(=O)[C@H]2C[C@@H]2C)n1. The van der Waals surface area contributed by atoms with Crippen molar-refractivity contribution >= 4 is 5.91 Å². The molecule has 0 radical (unpaired) electrons. The van der Waals surface area contributed by atoms with Gasteiger partial charge in [0.1, 0.15) is 5.82 Å². The van der Waals surface area contributed by atoms with Gasteiger partial charge in [0.05, 0.1) is 17.0 Å². The summed E-state index contributed by atoms with van der Waals surface area (Å²) in [5, 5.41) is 7.00. The van der Waals surface area contributed by atoms with Gasteiger partial charge in [0.2, 0.25) is 5.91 Å². The maximum absolute atomic E-state index is 11.9. The molecule has 0 bridgehead atoms. The Morgan fingerprint density at radius 3 is 2.74 bits per heavy atom. The van der Waals surface area contributed by atoms with Crippen LogP contribution < -0.4 is 5.32 Å². The topological polar surface area (TPSA) is 80.9 Å². The molecule has 1 amide bonds. The number of aryl methyl sites for hydroxylation is 2. The van der Waals surface area contributed by atoms with E-state index in [-0.39, 0.29) is 11.8 Å². The van der Waals surface area contributed by atoms with Crippen LogP contribution >= 0.6 is 0 Å². The van der Waals surface area contributed by atoms with Crippen LogP contribution in [0.3, 0.4) is 0 Å². The third kappa shape index (κ3) is 3.25. The van der Waals surface area contributed by atoms with Crippen LogP contribution in [0.5, 0.6) is 0 Å². The molecule has 1 fully saturated rings. The highest BCUT2D eigenvalue weighted by atomic mass is 16.5. The Balaban J connectivity index is 1.74. The van der Waals surface area contributed by atoms with Crippen molar-refractivity contribution in [2.75, 3.05) is 6.54 Å². The smallest absolute Gasteiger partial charge is 0.223 e. The average molecular weight is 314 g/mol. The Labute approximate surface area is 135 Å². The zero-order valence-electron chi connectivity index (χ0n) is 14.0. The molecular weight excluding hydrogens is 292 g/mol. The Morgan fingerprint density at radius 2 is 2.13 bits per heavy atom. The lowest BCUT2D eigenvalue weighted by Gasteiger charge is -2.09. The highest BCUT2D eigenvalue weighted by Gasteiger charge is 2.38. The number of nitrogens with one attached hydrogen (secondary N) is 1. The number of rotatable bonds is 5. The molecule has 2 aromatic heterocycles. The van der Waals surface area contributed by atoms with Crippen LogP contribution in [-0.4, -0.2) is 27.6 Å². The molecule has 6 nitrogen and oxygen atoms in total. The molecule has 3 rings (SSSR count). The van der Waals surface area contributed by atoms with E-state index in [0.717, 1.165) is 28.9 Å². The van der Waals surface area contributed by atoms with Crippen molar-refractivity contribution in [1.82, 2.24) is 20.4 Å². The third-order valence-corrected chi connectivity index (χ3v) is 4.50. The molecule has 1 aliphatic carbocycles. The van der Waals surface area contributed by atoms with Gasteiger partial charge in [-0.15, -0.1) is 0 Å². The predicted octanol–water partition coefficient (Wildman–Crippen LogP) is 2.37. The lowest BCUT2D eigenvalue weighted by atomic mass is 10.1. The standard InChI is InChI=1S/C17H22N4O2/c1-9-7-13(9)17(22)18-6-5-15-14(8-19-12(4)20-15)16-10(2)11(3)21-23-16/h8-9,13H,5-7H2,1-4H3,(H,18,22)/t9-,13-/m0/s1. The van der Waals surface area contributed by atoms with E-state index in [9.17, 15) is 4.79 Å². The van der Waals surface area contributed by atoms with Crippen molar-refractivity contribution < 1.29 is 9.32 Å². The van der Waals surface area contributed by atoms with Gasteiger partial charge in [0.25, 0.3) is 0 Å². The summed E-state index contributed by atoms with van der Waals surface area (Å²) in [5.41, 5.74) is 3.58. The van der Waals surface area contributed by atoms with E-state index < -0.39 is 0 Å². The molecular formula is C17H22N4O2. The van der Waals surface area contributed by atoms with Crippen molar-refractivity contribution in [3.05, 3.63) is 29.0 Å². The molecule has 1 aliphatic rings. The maximum Gasteiger partial charge on any atom is 0.223 e. The molecule has 1 saturated carbocycles. The summed E-state index contributed by atoms with van der Waals surface area (Å²) < 4.78 is 5.43. The minimum Gasteiger partial charge on any atom is -0.356 e. The Kier molecular flexibility index (Phi) is 4.15. The second-order valence-corrected chi connectivity index (χ2v) is 6.36. The van der Waals surface area contributed by atoms with Gasteiger partial charge in [0, 0.05) is 30.6 Å². The van der Waals surface area contributed by atoms with Crippen molar-refractivity contribution in [2.24, 2.45) is 11.8 Å². The summed E-state index contributed by atoms with van der Waals surface area (Å²) in [6.45, 7) is 8.41. The fourth-order valence-electron chi connectivity index (χ4n) is 2.69. The molecule has 0 saturated heterocycles. The second-order valence-electron chi connectivity index (χ2n) is 6.36. The molecule has 6 heteroatoms. The monoisotopic (exact) mass is 314 g/mol. The van der Waals surface area contributed by atoms with Gasteiger partial charge in [-0.3, -0.25) is 4.79 Å². The van der Waals surface area contributed by atoms with Crippen molar-refractivity contribution in [1.29, 1.82) is 0 Å². The highest BCUT2D eigenvalue weighted by molar-refractivity contribution is 5.81. The Morgan fingerprint density at radius 1 is 1.39 bits per heavy atom. The second kappa shape index (κ2) is 6.10. The van der Waals surface area contributed by atoms with E-state index in [1.165, 1.54) is 0 Å². The lowest BCUT2D eigenvalue weighted by molar-refractivity contribution is -0.122. The zero-order valence-corrected chi connectivity index (χ0v) is 14.0. The van der Waals surface area contributed by atoms with E-state index in [0.29, 0.717) is 30.5 Å². The highest BCUT2D eigenvalue weighted by Crippen LogP contribution is 2.37. The number of hydrogen-bond acceptors (Lipinski definition) is 5. The third-order valence-electron chi connectivity index (χ3n) is 4.50. The molecule has 122 valence electrons. The summed E-state index contributed by atoms with van der Waals surface area (Å²) in [6.07, 6.45) is 3.42. The average Bonchev–Trinajstić information content (AvgIpc) is 3.16.